The summed E-state index contributed by atoms with van der Waals surface area (Å²) in [6, 6.07) is 6.25. The van der Waals surface area contributed by atoms with Crippen LogP contribution in [0.25, 0.3) is 10.9 Å². The normalized spacial score (nSPS) is 16.9. The van der Waals surface area contributed by atoms with Crippen LogP contribution in [-0.4, -0.2) is 17.6 Å². The van der Waals surface area contributed by atoms with Gasteiger partial charge in [-0.05, 0) is 54.9 Å². The van der Waals surface area contributed by atoms with Crippen LogP contribution in [0.15, 0.2) is 18.2 Å². The van der Waals surface area contributed by atoms with Gasteiger partial charge in [0.1, 0.15) is 5.69 Å². The third kappa shape index (κ3) is 2.01. The van der Waals surface area contributed by atoms with Crippen molar-refractivity contribution in [3.63, 3.8) is 0 Å². The molecule has 1 aromatic carbocycles. The van der Waals surface area contributed by atoms with Crippen molar-refractivity contribution in [1.82, 2.24) is 4.98 Å². The van der Waals surface area contributed by atoms with Crippen LogP contribution in [0.1, 0.15) is 55.2 Å². The van der Waals surface area contributed by atoms with Gasteiger partial charge in [0.15, 0.2) is 0 Å². The quantitative estimate of drug-likeness (QED) is 0.840. The lowest BCUT2D eigenvalue weighted by molar-refractivity contribution is 0.0520. The number of ether oxygens (including phenoxy) is 1. The third-order valence-corrected chi connectivity index (χ3v) is 4.37. The van der Waals surface area contributed by atoms with Gasteiger partial charge >= 0.3 is 5.97 Å². The number of hydrogen-bond acceptors (Lipinski definition) is 2. The highest BCUT2D eigenvalue weighted by Gasteiger charge is 2.28. The highest BCUT2D eigenvalue weighted by Crippen LogP contribution is 2.40. The lowest BCUT2D eigenvalue weighted by Crippen LogP contribution is -2.23. The number of fused-ring (bicyclic) bond motifs is 3. The Morgan fingerprint density at radius 1 is 1.40 bits per heavy atom. The van der Waals surface area contributed by atoms with Gasteiger partial charge in [0.25, 0.3) is 0 Å². The lowest BCUT2D eigenvalue weighted by atomic mass is 9.72. The highest BCUT2D eigenvalue weighted by atomic mass is 16.5. The summed E-state index contributed by atoms with van der Waals surface area (Å²) in [6.45, 7) is 6.83. The number of nitrogens with one attached hydrogen (secondary N) is 1. The Labute approximate surface area is 119 Å². The molecule has 0 unspecified atom stereocenters. The van der Waals surface area contributed by atoms with E-state index < -0.39 is 0 Å². The Hall–Kier alpha value is -1.77. The minimum Gasteiger partial charge on any atom is -0.461 e. The Bertz CT molecular complexity index is 667. The van der Waals surface area contributed by atoms with Crippen LogP contribution in [-0.2, 0) is 16.6 Å². The van der Waals surface area contributed by atoms with Gasteiger partial charge in [-0.1, -0.05) is 19.9 Å². The van der Waals surface area contributed by atoms with Crippen molar-refractivity contribution in [2.24, 2.45) is 0 Å². The molecule has 0 atom stereocenters. The maximum atomic E-state index is 11.9. The molecule has 0 amide bonds. The molecule has 1 heterocycles. The van der Waals surface area contributed by atoms with Crippen molar-refractivity contribution in [3.8, 4) is 0 Å². The fourth-order valence-electron chi connectivity index (χ4n) is 3.33. The summed E-state index contributed by atoms with van der Waals surface area (Å²) in [7, 11) is 0. The predicted molar refractivity (Wildman–Crippen MR) is 80.2 cm³/mol. The van der Waals surface area contributed by atoms with E-state index in [0.29, 0.717) is 12.3 Å². The molecule has 0 spiro atoms. The first-order chi connectivity index (χ1) is 9.53. The van der Waals surface area contributed by atoms with Gasteiger partial charge in [-0.2, -0.15) is 0 Å². The van der Waals surface area contributed by atoms with Gasteiger partial charge in [0, 0.05) is 10.9 Å². The smallest absolute Gasteiger partial charge is 0.354 e. The highest BCUT2D eigenvalue weighted by molar-refractivity contribution is 5.96. The zero-order valence-corrected chi connectivity index (χ0v) is 12.4. The number of esters is 1. The fourth-order valence-corrected chi connectivity index (χ4v) is 3.33. The average molecular weight is 271 g/mol. The molecule has 3 heteroatoms. The van der Waals surface area contributed by atoms with Crippen molar-refractivity contribution in [2.45, 2.75) is 45.4 Å². The van der Waals surface area contributed by atoms with Gasteiger partial charge in [0.2, 0.25) is 0 Å². The molecular formula is C17H21NO2. The summed E-state index contributed by atoms with van der Waals surface area (Å²) in [5.41, 5.74) is 4.63. The summed E-state index contributed by atoms with van der Waals surface area (Å²) < 4.78 is 5.07. The zero-order chi connectivity index (χ0) is 14.3. The van der Waals surface area contributed by atoms with Crippen LogP contribution in [0, 0.1) is 0 Å². The summed E-state index contributed by atoms with van der Waals surface area (Å²) >= 11 is 0. The maximum absolute atomic E-state index is 11.9. The van der Waals surface area contributed by atoms with E-state index in [4.69, 9.17) is 4.74 Å². The summed E-state index contributed by atoms with van der Waals surface area (Å²) in [4.78, 5) is 15.0. The molecule has 0 aliphatic heterocycles. The van der Waals surface area contributed by atoms with E-state index in [1.54, 1.807) is 0 Å². The molecule has 0 bridgehead atoms. The van der Waals surface area contributed by atoms with Gasteiger partial charge in [0.05, 0.1) is 6.61 Å². The van der Waals surface area contributed by atoms with Gasteiger partial charge in [-0.25, -0.2) is 4.79 Å². The van der Waals surface area contributed by atoms with Crippen molar-refractivity contribution >= 4 is 16.9 Å². The summed E-state index contributed by atoms with van der Waals surface area (Å²) in [5.74, 6) is -0.271. The number of benzene rings is 1. The van der Waals surface area contributed by atoms with Crippen LogP contribution in [0.3, 0.4) is 0 Å². The van der Waals surface area contributed by atoms with E-state index in [-0.39, 0.29) is 11.4 Å². The maximum Gasteiger partial charge on any atom is 0.354 e. The number of aromatic nitrogens is 1. The number of hydrogen-bond donors (Lipinski definition) is 1. The van der Waals surface area contributed by atoms with E-state index in [1.807, 2.05) is 13.0 Å². The van der Waals surface area contributed by atoms with E-state index in [2.05, 4.69) is 31.0 Å². The molecule has 3 rings (SSSR count). The first-order valence-electron chi connectivity index (χ1n) is 7.35. The van der Waals surface area contributed by atoms with Crippen LogP contribution in [0.2, 0.25) is 0 Å². The Balaban J connectivity index is 2.14. The first kappa shape index (κ1) is 13.2. The standard InChI is InChI=1S/C17H21NO2/c1-4-20-16(19)15-10-12-11-6-5-9-17(2,3)13(11)7-8-14(12)18-15/h7-8,10,18H,4-6,9H2,1-3H3. The topological polar surface area (TPSA) is 42.1 Å². The Morgan fingerprint density at radius 2 is 2.20 bits per heavy atom. The average Bonchev–Trinajstić information content (AvgIpc) is 2.83. The van der Waals surface area contributed by atoms with Gasteiger partial charge in [-0.15, -0.1) is 0 Å². The third-order valence-electron chi connectivity index (χ3n) is 4.37. The van der Waals surface area contributed by atoms with Crippen LogP contribution < -0.4 is 0 Å². The van der Waals surface area contributed by atoms with Gasteiger partial charge < -0.3 is 9.72 Å². The molecule has 2 aromatic rings. The molecule has 1 aromatic heterocycles. The van der Waals surface area contributed by atoms with Crippen LogP contribution in [0.5, 0.6) is 0 Å². The zero-order valence-electron chi connectivity index (χ0n) is 12.4. The van der Waals surface area contributed by atoms with Crippen molar-refractivity contribution in [1.29, 1.82) is 0 Å². The molecular weight excluding hydrogens is 250 g/mol. The van der Waals surface area contributed by atoms with Crippen LogP contribution in [0.4, 0.5) is 0 Å². The number of aryl methyl sites for hydroxylation is 1. The Kier molecular flexibility index (Phi) is 3.08. The second-order valence-corrected chi connectivity index (χ2v) is 6.19. The van der Waals surface area contributed by atoms with E-state index in [1.165, 1.54) is 29.4 Å². The van der Waals surface area contributed by atoms with Crippen LogP contribution >= 0.6 is 0 Å². The molecule has 1 aliphatic carbocycles. The van der Waals surface area contributed by atoms with Crippen molar-refractivity contribution in [3.05, 3.63) is 35.0 Å². The van der Waals surface area contributed by atoms with Crippen molar-refractivity contribution < 1.29 is 9.53 Å². The largest absolute Gasteiger partial charge is 0.461 e. The second kappa shape index (κ2) is 4.65. The number of aromatic amines is 1. The number of rotatable bonds is 2. The van der Waals surface area contributed by atoms with E-state index in [0.717, 1.165) is 11.9 Å². The minimum atomic E-state index is -0.271. The predicted octanol–water partition coefficient (Wildman–Crippen LogP) is 3.96. The van der Waals surface area contributed by atoms with E-state index in [9.17, 15) is 4.79 Å². The number of H-pyrrole nitrogens is 1. The van der Waals surface area contributed by atoms with Gasteiger partial charge in [-0.3, -0.25) is 0 Å². The molecule has 0 fully saturated rings. The number of carbonyl (C=O) groups is 1. The summed E-state index contributed by atoms with van der Waals surface area (Å²) in [6.07, 6.45) is 3.52. The second-order valence-electron chi connectivity index (χ2n) is 6.19. The fraction of sp³-hybridized carbons (Fsp3) is 0.471. The molecule has 20 heavy (non-hydrogen) atoms. The van der Waals surface area contributed by atoms with Crippen molar-refractivity contribution in [2.75, 3.05) is 6.61 Å². The monoisotopic (exact) mass is 271 g/mol. The molecule has 1 N–H and O–H groups in total. The molecule has 1 aliphatic rings. The minimum absolute atomic E-state index is 0.225. The molecule has 0 saturated carbocycles. The Morgan fingerprint density at radius 3 is 2.95 bits per heavy atom. The molecule has 0 saturated heterocycles. The lowest BCUT2D eigenvalue weighted by Gasteiger charge is -2.32. The number of carbonyl (C=O) groups excluding carboxylic acids is 1. The SMILES string of the molecule is CCOC(=O)c1cc2c3c(ccc2[nH]1)C(C)(C)CCC3. The molecule has 106 valence electrons. The molecule has 3 nitrogen and oxygen atoms in total. The van der Waals surface area contributed by atoms with E-state index >= 15 is 0 Å². The summed E-state index contributed by atoms with van der Waals surface area (Å²) in [5, 5.41) is 1.18. The molecule has 0 radical (unpaired) electrons. The first-order valence-corrected chi connectivity index (χ1v) is 7.35.